The van der Waals surface area contributed by atoms with Crippen molar-refractivity contribution in [1.29, 1.82) is 0 Å². The molecule has 0 heterocycles. The summed E-state index contributed by atoms with van der Waals surface area (Å²) in [5, 5.41) is 43.9. The van der Waals surface area contributed by atoms with Gasteiger partial charge in [0.25, 0.3) is 0 Å². The quantitative estimate of drug-likeness (QED) is 0.0309. The summed E-state index contributed by atoms with van der Waals surface area (Å²) >= 11 is 0. The highest BCUT2D eigenvalue weighted by Crippen LogP contribution is 2.18. The van der Waals surface area contributed by atoms with Crippen LogP contribution in [0.2, 0.25) is 0 Å². The van der Waals surface area contributed by atoms with Crippen LogP contribution in [-0.4, -0.2) is 57.3 Å². The van der Waals surface area contributed by atoms with Crippen LogP contribution in [0.4, 0.5) is 0 Å². The van der Waals surface area contributed by atoms with Gasteiger partial charge < -0.3 is 25.7 Å². The third kappa shape index (κ3) is 45.7. The van der Waals surface area contributed by atoms with Crippen LogP contribution in [0, 0.1) is 0 Å². The molecule has 0 aliphatic heterocycles. The topological polar surface area (TPSA) is 110 Å². The van der Waals surface area contributed by atoms with Crippen LogP contribution in [-0.2, 0) is 4.79 Å². The second kappa shape index (κ2) is 51.8. The largest absolute Gasteiger partial charge is 0.394 e. The molecular formula is C57H111NO5. The average Bonchev–Trinajstić information content (AvgIpc) is 3.29. The van der Waals surface area contributed by atoms with E-state index in [-0.39, 0.29) is 0 Å². The van der Waals surface area contributed by atoms with Crippen molar-refractivity contribution < 1.29 is 25.2 Å². The molecule has 63 heavy (non-hydrogen) atoms. The lowest BCUT2D eigenvalue weighted by Gasteiger charge is -2.27. The first-order chi connectivity index (χ1) is 31.0. The molecule has 1 amide bonds. The van der Waals surface area contributed by atoms with E-state index >= 15 is 0 Å². The minimum Gasteiger partial charge on any atom is -0.394 e. The summed E-state index contributed by atoms with van der Waals surface area (Å²) in [5.41, 5.74) is 0. The molecule has 6 nitrogen and oxygen atoms in total. The first-order valence-corrected chi connectivity index (χ1v) is 28.2. The number of amides is 1. The molecule has 374 valence electrons. The first kappa shape index (κ1) is 61.8. The van der Waals surface area contributed by atoms with E-state index in [0.717, 1.165) is 38.5 Å². The lowest BCUT2D eigenvalue weighted by atomic mass is 10.00. The Balaban J connectivity index is 3.58. The molecule has 0 bridgehead atoms. The van der Waals surface area contributed by atoms with Crippen LogP contribution in [0.15, 0.2) is 24.3 Å². The maximum absolute atomic E-state index is 12.6. The number of hydrogen-bond acceptors (Lipinski definition) is 5. The maximum atomic E-state index is 12.6. The highest BCUT2D eigenvalue weighted by molar-refractivity contribution is 5.80. The van der Waals surface area contributed by atoms with Gasteiger partial charge in [-0.25, -0.2) is 0 Å². The highest BCUT2D eigenvalue weighted by atomic mass is 16.3. The molecule has 0 aromatic carbocycles. The molecule has 6 heteroatoms. The van der Waals surface area contributed by atoms with Crippen LogP contribution >= 0.6 is 0 Å². The Morgan fingerprint density at radius 1 is 0.381 bits per heavy atom. The second-order valence-corrected chi connectivity index (χ2v) is 19.6. The van der Waals surface area contributed by atoms with E-state index < -0.39 is 36.9 Å². The Labute approximate surface area is 393 Å². The summed E-state index contributed by atoms with van der Waals surface area (Å²) < 4.78 is 0. The number of unbranched alkanes of at least 4 members (excludes halogenated alkanes) is 39. The van der Waals surface area contributed by atoms with Gasteiger partial charge in [-0.05, 0) is 51.4 Å². The molecule has 0 aliphatic rings. The van der Waals surface area contributed by atoms with Crippen LogP contribution in [0.1, 0.15) is 303 Å². The van der Waals surface area contributed by atoms with E-state index in [0.29, 0.717) is 19.3 Å². The van der Waals surface area contributed by atoms with Crippen molar-refractivity contribution in [2.24, 2.45) is 0 Å². The van der Waals surface area contributed by atoms with Gasteiger partial charge in [0.1, 0.15) is 12.2 Å². The van der Waals surface area contributed by atoms with Crippen molar-refractivity contribution >= 4 is 5.91 Å². The number of allylic oxidation sites excluding steroid dienone is 4. The van der Waals surface area contributed by atoms with Crippen LogP contribution in [0.3, 0.4) is 0 Å². The average molecular weight is 891 g/mol. The summed E-state index contributed by atoms with van der Waals surface area (Å²) in [6.45, 7) is 4.06. The highest BCUT2D eigenvalue weighted by Gasteiger charge is 2.28. The molecule has 0 aromatic heterocycles. The van der Waals surface area contributed by atoms with Gasteiger partial charge in [0, 0.05) is 0 Å². The van der Waals surface area contributed by atoms with Gasteiger partial charge in [-0.2, -0.15) is 0 Å². The molecule has 0 fully saturated rings. The van der Waals surface area contributed by atoms with E-state index in [1.807, 2.05) is 0 Å². The van der Waals surface area contributed by atoms with Gasteiger partial charge in [-0.3, -0.25) is 4.79 Å². The molecule has 5 N–H and O–H groups in total. The molecule has 0 aliphatic carbocycles. The van der Waals surface area contributed by atoms with Crippen LogP contribution in [0.25, 0.3) is 0 Å². The van der Waals surface area contributed by atoms with Gasteiger partial charge in [0.15, 0.2) is 0 Å². The first-order valence-electron chi connectivity index (χ1n) is 28.2. The smallest absolute Gasteiger partial charge is 0.249 e. The van der Waals surface area contributed by atoms with Gasteiger partial charge in [0.2, 0.25) is 5.91 Å². The lowest BCUT2D eigenvalue weighted by Crippen LogP contribution is -2.53. The van der Waals surface area contributed by atoms with E-state index in [1.54, 1.807) is 0 Å². The zero-order valence-electron chi connectivity index (χ0n) is 42.3. The fourth-order valence-corrected chi connectivity index (χ4v) is 8.95. The normalized spacial score (nSPS) is 13.9. The number of rotatable bonds is 52. The van der Waals surface area contributed by atoms with Gasteiger partial charge in [-0.15, -0.1) is 0 Å². The maximum Gasteiger partial charge on any atom is 0.249 e. The third-order valence-corrected chi connectivity index (χ3v) is 13.4. The minimum atomic E-state index is -1.29. The van der Waals surface area contributed by atoms with Gasteiger partial charge in [-0.1, -0.05) is 276 Å². The fraction of sp³-hybridized carbons (Fsp3) is 0.912. The molecule has 0 spiro atoms. The fourth-order valence-electron chi connectivity index (χ4n) is 8.95. The predicted molar refractivity (Wildman–Crippen MR) is 274 cm³/mol. The molecule has 0 aromatic rings. The second-order valence-electron chi connectivity index (χ2n) is 19.6. The van der Waals surface area contributed by atoms with Crippen molar-refractivity contribution in [3.05, 3.63) is 24.3 Å². The number of aliphatic hydroxyl groups excluding tert-OH is 4. The zero-order valence-corrected chi connectivity index (χ0v) is 42.3. The molecule has 0 saturated carbocycles. The van der Waals surface area contributed by atoms with Gasteiger partial charge in [0.05, 0.1) is 18.8 Å². The van der Waals surface area contributed by atoms with E-state index in [9.17, 15) is 25.2 Å². The Kier molecular flexibility index (Phi) is 50.8. The Bertz CT molecular complexity index is 955. The monoisotopic (exact) mass is 890 g/mol. The van der Waals surface area contributed by atoms with Crippen molar-refractivity contribution in [3.63, 3.8) is 0 Å². The Hall–Kier alpha value is -1.21. The molecule has 0 saturated heterocycles. The van der Waals surface area contributed by atoms with Crippen LogP contribution < -0.4 is 5.32 Å². The number of carbonyl (C=O) groups excluding carboxylic acids is 1. The molecule has 4 atom stereocenters. The molecular weight excluding hydrogens is 779 g/mol. The summed E-state index contributed by atoms with van der Waals surface area (Å²) in [4.78, 5) is 12.6. The molecule has 4 unspecified atom stereocenters. The van der Waals surface area contributed by atoms with Crippen molar-refractivity contribution in [2.75, 3.05) is 6.61 Å². The number of hydrogen-bond donors (Lipinski definition) is 5. The van der Waals surface area contributed by atoms with E-state index in [1.165, 1.54) is 231 Å². The molecule has 0 rings (SSSR count). The Morgan fingerprint density at radius 3 is 1.00 bits per heavy atom. The van der Waals surface area contributed by atoms with Crippen molar-refractivity contribution in [3.8, 4) is 0 Å². The van der Waals surface area contributed by atoms with Gasteiger partial charge >= 0.3 is 0 Å². The summed E-state index contributed by atoms with van der Waals surface area (Å²) in [7, 11) is 0. The van der Waals surface area contributed by atoms with Crippen molar-refractivity contribution in [2.45, 2.75) is 327 Å². The predicted octanol–water partition coefficient (Wildman–Crippen LogP) is 16.3. The zero-order chi connectivity index (χ0) is 45.9. The van der Waals surface area contributed by atoms with E-state index in [4.69, 9.17) is 0 Å². The van der Waals surface area contributed by atoms with Crippen molar-refractivity contribution in [1.82, 2.24) is 5.32 Å². The van der Waals surface area contributed by atoms with Crippen LogP contribution in [0.5, 0.6) is 0 Å². The third-order valence-electron chi connectivity index (χ3n) is 13.4. The minimum absolute atomic E-state index is 0.365. The standard InChI is InChI=1S/C57H111NO5/c1-3-5-7-9-11-13-15-17-19-21-22-23-24-25-26-27-28-29-30-31-32-33-34-35-37-39-41-43-45-47-49-51-55(61)57(63)58-53(52-59)56(62)54(60)50-48-46-44-42-40-38-36-20-18-16-14-12-10-8-6-4-2/h20,36,42,44,53-56,59-62H,3-19,21-35,37-41,43,45-52H2,1-2H3,(H,58,63)/b36-20+,44-42+. The van der Waals surface area contributed by atoms with E-state index in [2.05, 4.69) is 43.5 Å². The SMILES string of the molecule is CCCCCCCCC/C=C/CC/C=C/CCCC(O)C(O)C(CO)NC(=O)C(O)CCCCCCCCCCCCCCCCCCCCCCCCCCCCCCCCC. The summed E-state index contributed by atoms with van der Waals surface area (Å²) in [5.74, 6) is -0.592. The Morgan fingerprint density at radius 2 is 0.667 bits per heavy atom. The summed E-state index contributed by atoms with van der Waals surface area (Å²) in [6.07, 6.45) is 62.6. The number of nitrogens with one attached hydrogen (secondary N) is 1. The lowest BCUT2D eigenvalue weighted by molar-refractivity contribution is -0.132. The molecule has 0 radical (unpaired) electrons. The number of carbonyl (C=O) groups is 1. The number of aliphatic hydroxyl groups is 4. The summed E-state index contributed by atoms with van der Waals surface area (Å²) in [6, 6.07) is -1.01.